The maximum absolute atomic E-state index is 9.81. The second-order valence-electron chi connectivity index (χ2n) is 6.78. The third-order valence-electron chi connectivity index (χ3n) is 5.51. The van der Waals surface area contributed by atoms with Gasteiger partial charge in [0, 0.05) is 24.6 Å². The first kappa shape index (κ1) is 14.1. The summed E-state index contributed by atoms with van der Waals surface area (Å²) in [7, 11) is 3.86. The van der Waals surface area contributed by atoms with Crippen LogP contribution in [0.3, 0.4) is 0 Å². The monoisotopic (exact) mass is 301 g/mol. The van der Waals surface area contributed by atoms with Gasteiger partial charge in [-0.3, -0.25) is 0 Å². The number of hydrogen-bond donors (Lipinski definition) is 1. The summed E-state index contributed by atoms with van der Waals surface area (Å²) < 4.78 is 11.9. The number of ether oxygens (including phenoxy) is 2. The summed E-state index contributed by atoms with van der Waals surface area (Å²) in [5.74, 6) is 1.85. The molecule has 1 N–H and O–H groups in total. The van der Waals surface area contributed by atoms with Gasteiger partial charge in [-0.05, 0) is 38.1 Å². The second kappa shape index (κ2) is 5.00. The van der Waals surface area contributed by atoms with E-state index in [9.17, 15) is 5.11 Å². The maximum atomic E-state index is 9.81. The molecule has 3 atom stereocenters. The Bertz CT molecular complexity index is 627. The number of methoxy groups -OCH3 is 1. The molecule has 118 valence electrons. The molecule has 1 aliphatic carbocycles. The first-order valence-corrected chi connectivity index (χ1v) is 8.03. The predicted octanol–water partition coefficient (Wildman–Crippen LogP) is 2.10. The van der Waals surface area contributed by atoms with E-state index in [2.05, 4.69) is 30.2 Å². The molecule has 4 nitrogen and oxygen atoms in total. The van der Waals surface area contributed by atoms with E-state index in [1.807, 2.05) is 6.07 Å². The van der Waals surface area contributed by atoms with Crippen molar-refractivity contribution in [2.45, 2.75) is 30.9 Å². The van der Waals surface area contributed by atoms with Crippen molar-refractivity contribution >= 4 is 0 Å². The topological polar surface area (TPSA) is 41.9 Å². The van der Waals surface area contributed by atoms with E-state index in [1.165, 1.54) is 11.1 Å². The van der Waals surface area contributed by atoms with Gasteiger partial charge in [-0.15, -0.1) is 0 Å². The van der Waals surface area contributed by atoms with Crippen LogP contribution in [0.1, 0.15) is 24.0 Å². The van der Waals surface area contributed by atoms with Crippen LogP contribution in [-0.4, -0.2) is 43.4 Å². The van der Waals surface area contributed by atoms with E-state index in [4.69, 9.17) is 9.47 Å². The Balaban J connectivity index is 1.95. The molecule has 4 rings (SSSR count). The average Bonchev–Trinajstić information content (AvgIpc) is 2.81. The summed E-state index contributed by atoms with van der Waals surface area (Å²) in [5, 5.41) is 9.81. The molecule has 0 bridgehead atoms. The molecular formula is C18H23NO3. The highest BCUT2D eigenvalue weighted by molar-refractivity contribution is 5.61. The van der Waals surface area contributed by atoms with Crippen LogP contribution in [-0.2, 0) is 12.0 Å². The third-order valence-corrected chi connectivity index (χ3v) is 5.51. The molecule has 2 heterocycles. The Morgan fingerprint density at radius 2 is 2.32 bits per heavy atom. The highest BCUT2D eigenvalue weighted by Crippen LogP contribution is 2.56. The van der Waals surface area contributed by atoms with E-state index < -0.39 is 0 Å². The van der Waals surface area contributed by atoms with Gasteiger partial charge in [-0.2, -0.15) is 0 Å². The smallest absolute Gasteiger partial charge is 0.166 e. The van der Waals surface area contributed by atoms with E-state index in [0.29, 0.717) is 0 Å². The summed E-state index contributed by atoms with van der Waals surface area (Å²) in [5.41, 5.74) is 2.49. The normalized spacial score (nSPS) is 32.9. The van der Waals surface area contributed by atoms with E-state index >= 15 is 0 Å². The van der Waals surface area contributed by atoms with Gasteiger partial charge in [0.1, 0.15) is 6.10 Å². The van der Waals surface area contributed by atoms with Gasteiger partial charge in [0.05, 0.1) is 12.5 Å². The van der Waals surface area contributed by atoms with Gasteiger partial charge < -0.3 is 19.5 Å². The van der Waals surface area contributed by atoms with Crippen molar-refractivity contribution in [3.63, 3.8) is 0 Å². The largest absolute Gasteiger partial charge is 0.493 e. The molecule has 0 saturated carbocycles. The molecule has 3 unspecified atom stereocenters. The van der Waals surface area contributed by atoms with Crippen LogP contribution >= 0.6 is 0 Å². The fraction of sp³-hybridized carbons (Fsp3) is 0.556. The lowest BCUT2D eigenvalue weighted by molar-refractivity contribution is 0.0531. The zero-order valence-corrected chi connectivity index (χ0v) is 13.2. The fourth-order valence-corrected chi connectivity index (χ4v) is 4.44. The molecule has 22 heavy (non-hydrogen) atoms. The van der Waals surface area contributed by atoms with Crippen molar-refractivity contribution in [1.29, 1.82) is 0 Å². The third kappa shape index (κ3) is 1.77. The van der Waals surface area contributed by atoms with Gasteiger partial charge in [-0.25, -0.2) is 0 Å². The number of allylic oxidation sites excluding steroid dienone is 1. The molecule has 1 aromatic rings. The molecule has 0 saturated heterocycles. The zero-order valence-electron chi connectivity index (χ0n) is 13.2. The molecule has 0 radical (unpaired) electrons. The number of rotatable bonds is 2. The van der Waals surface area contributed by atoms with Crippen LogP contribution in [0.4, 0.5) is 0 Å². The van der Waals surface area contributed by atoms with Crippen LogP contribution < -0.4 is 9.47 Å². The lowest BCUT2D eigenvalue weighted by Crippen LogP contribution is -2.46. The predicted molar refractivity (Wildman–Crippen MR) is 84.4 cm³/mol. The Morgan fingerprint density at radius 1 is 1.45 bits per heavy atom. The second-order valence-corrected chi connectivity index (χ2v) is 6.78. The van der Waals surface area contributed by atoms with Gasteiger partial charge in [0.2, 0.25) is 0 Å². The van der Waals surface area contributed by atoms with Gasteiger partial charge in [0.25, 0.3) is 0 Å². The number of aliphatic hydroxyl groups is 1. The summed E-state index contributed by atoms with van der Waals surface area (Å²) in [6.45, 7) is 2.12. The molecule has 3 aliphatic rings. The SMILES string of the molecule is COc1ccc2c3c1OC1C(CO)CC=CC31CCN(C)C2. The molecule has 2 aliphatic heterocycles. The van der Waals surface area contributed by atoms with Crippen molar-refractivity contribution < 1.29 is 14.6 Å². The van der Waals surface area contributed by atoms with Crippen molar-refractivity contribution in [3.05, 3.63) is 35.4 Å². The van der Waals surface area contributed by atoms with Crippen molar-refractivity contribution in [3.8, 4) is 11.5 Å². The molecule has 0 fully saturated rings. The standard InChI is InChI=1S/C18H23NO3/c1-19-9-8-18-7-3-4-13(11-20)17(18)22-16-14(21-2)6-5-12(10-19)15(16)18/h3,5-7,13,17,20H,4,8-11H2,1-2H3. The van der Waals surface area contributed by atoms with E-state index in [-0.39, 0.29) is 24.0 Å². The van der Waals surface area contributed by atoms with Crippen molar-refractivity contribution in [2.24, 2.45) is 5.92 Å². The maximum Gasteiger partial charge on any atom is 0.166 e. The minimum atomic E-state index is -0.115. The molecule has 0 aromatic heterocycles. The number of nitrogens with zero attached hydrogens (tertiary/aromatic N) is 1. The van der Waals surface area contributed by atoms with Crippen LogP contribution in [0, 0.1) is 5.92 Å². The molecule has 1 spiro atoms. The summed E-state index contributed by atoms with van der Waals surface area (Å²) in [6.07, 6.45) is 6.47. The Labute approximate surface area is 131 Å². The molecular weight excluding hydrogens is 278 g/mol. The Hall–Kier alpha value is -1.52. The van der Waals surface area contributed by atoms with E-state index in [1.54, 1.807) is 7.11 Å². The number of benzene rings is 1. The summed E-state index contributed by atoms with van der Waals surface area (Å²) in [6, 6.07) is 4.18. The highest BCUT2D eigenvalue weighted by Gasteiger charge is 2.54. The highest BCUT2D eigenvalue weighted by atomic mass is 16.5. The summed E-state index contributed by atoms with van der Waals surface area (Å²) >= 11 is 0. The van der Waals surface area contributed by atoms with Crippen LogP contribution in [0.5, 0.6) is 11.5 Å². The zero-order chi connectivity index (χ0) is 15.3. The minimum Gasteiger partial charge on any atom is -0.493 e. The minimum absolute atomic E-state index is 0.0130. The Kier molecular flexibility index (Phi) is 3.20. The number of hydrogen-bond acceptors (Lipinski definition) is 4. The van der Waals surface area contributed by atoms with Crippen LogP contribution in [0.15, 0.2) is 24.3 Å². The Morgan fingerprint density at radius 3 is 3.09 bits per heavy atom. The number of aliphatic hydroxyl groups excluding tert-OH is 1. The molecule has 4 heteroatoms. The molecule has 0 amide bonds. The summed E-state index contributed by atoms with van der Waals surface area (Å²) in [4.78, 5) is 2.36. The first-order valence-electron chi connectivity index (χ1n) is 8.03. The van der Waals surface area contributed by atoms with Crippen molar-refractivity contribution in [2.75, 3.05) is 27.3 Å². The lowest BCUT2D eigenvalue weighted by atomic mass is 9.66. The van der Waals surface area contributed by atoms with Crippen LogP contribution in [0.25, 0.3) is 0 Å². The van der Waals surface area contributed by atoms with Gasteiger partial charge in [-0.1, -0.05) is 18.2 Å². The quantitative estimate of drug-likeness (QED) is 0.850. The molecule has 1 aromatic carbocycles. The van der Waals surface area contributed by atoms with Gasteiger partial charge in [0.15, 0.2) is 11.5 Å². The van der Waals surface area contributed by atoms with Crippen molar-refractivity contribution in [1.82, 2.24) is 4.90 Å². The van der Waals surface area contributed by atoms with Gasteiger partial charge >= 0.3 is 0 Å². The average molecular weight is 301 g/mol. The van der Waals surface area contributed by atoms with E-state index in [0.717, 1.165) is 37.4 Å². The lowest BCUT2D eigenvalue weighted by Gasteiger charge is -2.38. The fourth-order valence-electron chi connectivity index (χ4n) is 4.44. The van der Waals surface area contributed by atoms with Crippen LogP contribution in [0.2, 0.25) is 0 Å². The first-order chi connectivity index (χ1) is 10.7.